The van der Waals surface area contributed by atoms with Gasteiger partial charge in [-0.25, -0.2) is 0 Å². The smallest absolute Gasteiger partial charge is 0.201 e. The minimum Gasteiger partial charge on any atom is -0.494 e. The minimum absolute atomic E-state index is 0.000699. The van der Waals surface area contributed by atoms with Gasteiger partial charge in [-0.15, -0.1) is 0 Å². The number of hydrogen-bond donors (Lipinski definition) is 0. The van der Waals surface area contributed by atoms with Crippen LogP contribution in [0.4, 0.5) is 11.4 Å². The van der Waals surface area contributed by atoms with Crippen molar-refractivity contribution in [2.75, 3.05) is 49.2 Å². The van der Waals surface area contributed by atoms with Crippen LogP contribution in [0.15, 0.2) is 58.1 Å². The predicted molar refractivity (Wildman–Crippen MR) is 223 cm³/mol. The summed E-state index contributed by atoms with van der Waals surface area (Å²) >= 11 is 0. The molecule has 1 aliphatic heterocycles. The standard InChI is InChI=1S/C46H74N2O4/c1-3-5-7-9-11-13-15-17-19-21-23-25-39-51-41-27-31-43(45(49)33-29-41)47-35-37-48(38-36-47)44-32-28-42(30-34-46(44)50)52-40-26-24-22-20-18-16-14-12-10-8-6-4-2/h27-34H,3-26,35-40H2,1-2H3. The number of piperazine rings is 1. The summed E-state index contributed by atoms with van der Waals surface area (Å²) in [7, 11) is 0. The maximum Gasteiger partial charge on any atom is 0.201 e. The molecule has 6 nitrogen and oxygen atoms in total. The third-order valence-electron chi connectivity index (χ3n) is 10.6. The Morgan fingerprint density at radius 3 is 0.962 bits per heavy atom. The van der Waals surface area contributed by atoms with Crippen molar-refractivity contribution >= 4 is 11.4 Å². The SMILES string of the molecule is CCCCCCCCCCCCCCOc1ccc(N2CCN(c3ccc(OCCCCCCCCCCCCCC)ccc3=O)CC2)c(=O)cc1. The van der Waals surface area contributed by atoms with Gasteiger partial charge in [0, 0.05) is 26.2 Å². The van der Waals surface area contributed by atoms with E-state index in [0.717, 1.165) is 24.3 Å². The van der Waals surface area contributed by atoms with Crippen LogP contribution < -0.4 is 30.1 Å². The van der Waals surface area contributed by atoms with Crippen LogP contribution in [0.2, 0.25) is 0 Å². The predicted octanol–water partition coefficient (Wildman–Crippen LogP) is 11.9. The minimum atomic E-state index is -0.000699. The van der Waals surface area contributed by atoms with E-state index in [1.165, 1.54) is 141 Å². The molecule has 3 rings (SSSR count). The average Bonchev–Trinajstić information content (AvgIpc) is 3.46. The summed E-state index contributed by atoms with van der Waals surface area (Å²) in [5.74, 6) is 1.49. The molecular weight excluding hydrogens is 645 g/mol. The van der Waals surface area contributed by atoms with Crippen molar-refractivity contribution in [3.63, 3.8) is 0 Å². The Labute approximate surface area is 317 Å². The number of unbranched alkanes of at least 4 members (excludes halogenated alkanes) is 22. The highest BCUT2D eigenvalue weighted by molar-refractivity contribution is 5.52. The van der Waals surface area contributed by atoms with Gasteiger partial charge < -0.3 is 19.3 Å². The van der Waals surface area contributed by atoms with Crippen molar-refractivity contribution < 1.29 is 9.47 Å². The fourth-order valence-electron chi connectivity index (χ4n) is 7.25. The first-order valence-corrected chi connectivity index (χ1v) is 21.7. The number of anilines is 2. The summed E-state index contributed by atoms with van der Waals surface area (Å²) in [6.45, 7) is 8.61. The van der Waals surface area contributed by atoms with E-state index in [1.54, 1.807) is 24.3 Å². The highest BCUT2D eigenvalue weighted by Crippen LogP contribution is 2.20. The molecule has 1 fully saturated rings. The van der Waals surface area contributed by atoms with E-state index in [1.807, 2.05) is 24.3 Å². The van der Waals surface area contributed by atoms with Crippen LogP contribution in [0.3, 0.4) is 0 Å². The fourth-order valence-corrected chi connectivity index (χ4v) is 7.25. The van der Waals surface area contributed by atoms with Gasteiger partial charge in [-0.1, -0.05) is 155 Å². The molecule has 0 radical (unpaired) electrons. The summed E-state index contributed by atoms with van der Waals surface area (Å²) in [5, 5.41) is 0. The van der Waals surface area contributed by atoms with E-state index in [2.05, 4.69) is 23.6 Å². The first kappa shape index (κ1) is 43.4. The quantitative estimate of drug-likeness (QED) is 0.0750. The first-order chi connectivity index (χ1) is 25.6. The van der Waals surface area contributed by atoms with Crippen LogP contribution in [0.1, 0.15) is 168 Å². The molecule has 52 heavy (non-hydrogen) atoms. The van der Waals surface area contributed by atoms with Crippen molar-refractivity contribution in [3.8, 4) is 11.5 Å². The lowest BCUT2D eigenvalue weighted by Gasteiger charge is -2.36. The molecule has 0 saturated carbocycles. The highest BCUT2D eigenvalue weighted by atomic mass is 16.5. The summed E-state index contributed by atoms with van der Waals surface area (Å²) in [6.07, 6.45) is 31.7. The molecule has 0 aliphatic carbocycles. The van der Waals surface area contributed by atoms with E-state index in [4.69, 9.17) is 9.47 Å². The van der Waals surface area contributed by atoms with Gasteiger partial charge in [0.25, 0.3) is 0 Å². The molecule has 0 unspecified atom stereocenters. The zero-order chi connectivity index (χ0) is 36.9. The van der Waals surface area contributed by atoms with Crippen molar-refractivity contribution in [1.82, 2.24) is 0 Å². The number of hydrogen-bond acceptors (Lipinski definition) is 6. The largest absolute Gasteiger partial charge is 0.494 e. The summed E-state index contributed by atoms with van der Waals surface area (Å²) in [5.41, 5.74) is 1.38. The first-order valence-electron chi connectivity index (χ1n) is 21.7. The highest BCUT2D eigenvalue weighted by Gasteiger charge is 2.20. The molecule has 0 atom stereocenters. The van der Waals surface area contributed by atoms with E-state index >= 15 is 0 Å². The van der Waals surface area contributed by atoms with Crippen LogP contribution in [0.5, 0.6) is 11.5 Å². The molecule has 6 heteroatoms. The monoisotopic (exact) mass is 719 g/mol. The van der Waals surface area contributed by atoms with Gasteiger partial charge in [-0.2, -0.15) is 0 Å². The average molecular weight is 719 g/mol. The van der Waals surface area contributed by atoms with E-state index in [9.17, 15) is 9.59 Å². The molecule has 0 bridgehead atoms. The van der Waals surface area contributed by atoms with Crippen molar-refractivity contribution in [3.05, 3.63) is 69.0 Å². The molecule has 2 aromatic carbocycles. The Balaban J connectivity index is 1.30. The van der Waals surface area contributed by atoms with Crippen LogP contribution in [-0.4, -0.2) is 39.4 Å². The molecule has 2 aromatic rings. The zero-order valence-corrected chi connectivity index (χ0v) is 33.4. The molecule has 0 N–H and O–H groups in total. The van der Waals surface area contributed by atoms with E-state index in [0.29, 0.717) is 50.8 Å². The van der Waals surface area contributed by atoms with Gasteiger partial charge in [0.2, 0.25) is 10.9 Å². The zero-order valence-electron chi connectivity index (χ0n) is 33.4. The van der Waals surface area contributed by atoms with Gasteiger partial charge in [-0.05, 0) is 61.4 Å². The van der Waals surface area contributed by atoms with Crippen LogP contribution >= 0.6 is 0 Å². The molecule has 0 aromatic heterocycles. The molecule has 1 saturated heterocycles. The normalized spacial score (nSPS) is 13.0. The molecular formula is C46H74N2O4. The topological polar surface area (TPSA) is 59.1 Å². The maximum absolute atomic E-state index is 13.0. The van der Waals surface area contributed by atoms with Crippen molar-refractivity contribution in [2.45, 2.75) is 168 Å². The van der Waals surface area contributed by atoms with Gasteiger partial charge in [0.1, 0.15) is 11.5 Å². The van der Waals surface area contributed by atoms with E-state index in [-0.39, 0.29) is 10.9 Å². The molecule has 292 valence electrons. The number of ether oxygens (including phenoxy) is 2. The van der Waals surface area contributed by atoms with Gasteiger partial charge in [0.05, 0.1) is 24.6 Å². The van der Waals surface area contributed by atoms with Gasteiger partial charge >= 0.3 is 0 Å². The van der Waals surface area contributed by atoms with Crippen molar-refractivity contribution in [2.24, 2.45) is 0 Å². The lowest BCUT2D eigenvalue weighted by Crippen LogP contribution is -2.48. The Kier molecular flexibility index (Phi) is 23.8. The lowest BCUT2D eigenvalue weighted by molar-refractivity contribution is 0.304. The summed E-state index contributed by atoms with van der Waals surface area (Å²) < 4.78 is 12.0. The van der Waals surface area contributed by atoms with Gasteiger partial charge in [0.15, 0.2) is 0 Å². The Morgan fingerprint density at radius 1 is 0.385 bits per heavy atom. The third-order valence-corrected chi connectivity index (χ3v) is 10.6. The molecule has 1 heterocycles. The molecule has 0 amide bonds. The van der Waals surface area contributed by atoms with Crippen molar-refractivity contribution in [1.29, 1.82) is 0 Å². The molecule has 1 aliphatic rings. The van der Waals surface area contributed by atoms with Crippen LogP contribution in [0, 0.1) is 0 Å². The second-order valence-electron chi connectivity index (χ2n) is 15.1. The Morgan fingerprint density at radius 2 is 0.654 bits per heavy atom. The van der Waals surface area contributed by atoms with E-state index < -0.39 is 0 Å². The number of nitrogens with zero attached hydrogens (tertiary/aromatic N) is 2. The number of rotatable bonds is 30. The van der Waals surface area contributed by atoms with Crippen LogP contribution in [-0.2, 0) is 0 Å². The Hall–Kier alpha value is -3.02. The molecule has 0 spiro atoms. The Bertz CT molecular complexity index is 1210. The lowest BCUT2D eigenvalue weighted by atomic mass is 10.1. The fraction of sp³-hybridized carbons (Fsp3) is 0.696. The summed E-state index contributed by atoms with van der Waals surface area (Å²) in [6, 6.07) is 14.5. The second-order valence-corrected chi connectivity index (χ2v) is 15.1. The second kappa shape index (κ2) is 28.5. The van der Waals surface area contributed by atoms with Gasteiger partial charge in [-0.3, -0.25) is 9.59 Å². The maximum atomic E-state index is 13.0. The van der Waals surface area contributed by atoms with Crippen LogP contribution in [0.25, 0.3) is 0 Å². The third kappa shape index (κ3) is 18.6. The summed E-state index contributed by atoms with van der Waals surface area (Å²) in [4.78, 5) is 30.3.